The quantitative estimate of drug-likeness (QED) is 0.313. The van der Waals surface area contributed by atoms with Crippen molar-refractivity contribution in [2.45, 2.75) is 58.6 Å². The first-order chi connectivity index (χ1) is 17.8. The minimum absolute atomic E-state index is 0.0793. The summed E-state index contributed by atoms with van der Waals surface area (Å²) in [7, 11) is 0. The third-order valence-electron chi connectivity index (χ3n) is 6.23. The lowest BCUT2D eigenvalue weighted by Crippen LogP contribution is -2.52. The van der Waals surface area contributed by atoms with Crippen molar-refractivity contribution >= 4 is 17.6 Å². The molecular weight excluding hydrogens is 492 g/mol. The van der Waals surface area contributed by atoms with Crippen molar-refractivity contribution in [1.29, 1.82) is 0 Å². The van der Waals surface area contributed by atoms with E-state index in [1.165, 1.54) is 12.1 Å². The molecule has 0 aliphatic rings. The van der Waals surface area contributed by atoms with E-state index >= 15 is 0 Å². The number of esters is 1. The van der Waals surface area contributed by atoms with E-state index in [1.54, 1.807) is 12.1 Å². The summed E-state index contributed by atoms with van der Waals surface area (Å²) < 4.78 is 34.1. The van der Waals surface area contributed by atoms with Gasteiger partial charge in [0.25, 0.3) is 5.56 Å². The first-order valence-corrected chi connectivity index (χ1v) is 12.3. The number of hydrogen-bond donors (Lipinski definition) is 2. The molecule has 1 atom stereocenters. The number of ketones is 1. The Morgan fingerprint density at radius 2 is 1.61 bits per heavy atom. The fraction of sp³-hybridized carbons (Fsp3) is 0.345. The highest BCUT2D eigenvalue weighted by Gasteiger charge is 2.34. The molecule has 0 aliphatic heterocycles. The predicted molar refractivity (Wildman–Crippen MR) is 142 cm³/mol. The summed E-state index contributed by atoms with van der Waals surface area (Å²) in [5.74, 6) is -3.06. The molecule has 0 radical (unpaired) electrons. The summed E-state index contributed by atoms with van der Waals surface area (Å²) in [6.07, 6.45) is 1.16. The zero-order valence-corrected chi connectivity index (χ0v) is 22.2. The molecule has 1 heterocycles. The summed E-state index contributed by atoms with van der Waals surface area (Å²) >= 11 is 0. The molecule has 3 N–H and O–H groups in total. The van der Waals surface area contributed by atoms with Crippen LogP contribution in [0.15, 0.2) is 59.4 Å². The van der Waals surface area contributed by atoms with Crippen LogP contribution >= 0.6 is 0 Å². The number of aromatic nitrogens is 1. The molecule has 202 valence electrons. The molecule has 3 rings (SSSR count). The third kappa shape index (κ3) is 6.52. The van der Waals surface area contributed by atoms with Gasteiger partial charge in [0.2, 0.25) is 0 Å². The van der Waals surface area contributed by atoms with Crippen LogP contribution in [0, 0.1) is 11.6 Å². The molecule has 3 aromatic rings. The van der Waals surface area contributed by atoms with Gasteiger partial charge in [-0.25, -0.2) is 8.78 Å². The largest absolute Gasteiger partial charge is 0.459 e. The van der Waals surface area contributed by atoms with E-state index in [1.807, 2.05) is 46.8 Å². The highest BCUT2D eigenvalue weighted by Crippen LogP contribution is 2.22. The molecule has 0 fully saturated rings. The van der Waals surface area contributed by atoms with Crippen molar-refractivity contribution in [2.75, 3.05) is 12.3 Å². The molecule has 7 nitrogen and oxygen atoms in total. The fourth-order valence-corrected chi connectivity index (χ4v) is 3.86. The fourth-order valence-electron chi connectivity index (χ4n) is 3.86. The van der Waals surface area contributed by atoms with Crippen LogP contribution in [-0.4, -0.2) is 34.0 Å². The van der Waals surface area contributed by atoms with Gasteiger partial charge in [-0.3, -0.25) is 19.0 Å². The normalized spacial score (nSPS) is 13.1. The van der Waals surface area contributed by atoms with Crippen LogP contribution in [0.1, 0.15) is 62.5 Å². The van der Waals surface area contributed by atoms with E-state index in [4.69, 9.17) is 10.5 Å². The van der Waals surface area contributed by atoms with Gasteiger partial charge in [0.15, 0.2) is 5.78 Å². The van der Waals surface area contributed by atoms with Crippen LogP contribution in [-0.2, 0) is 16.0 Å². The molecule has 38 heavy (non-hydrogen) atoms. The zero-order valence-electron chi connectivity index (χ0n) is 22.2. The number of anilines is 1. The Labute approximate surface area is 220 Å². The zero-order chi connectivity index (χ0) is 28.3. The highest BCUT2D eigenvalue weighted by atomic mass is 19.1. The maximum atomic E-state index is 14.2. The maximum Gasteiger partial charge on any atom is 0.326 e. The van der Waals surface area contributed by atoms with Crippen molar-refractivity contribution in [3.05, 3.63) is 93.3 Å². The van der Waals surface area contributed by atoms with Crippen LogP contribution in [0.4, 0.5) is 14.6 Å². The number of benzene rings is 2. The second-order valence-electron chi connectivity index (χ2n) is 10.3. The number of carbonyl (C=O) groups is 2. The maximum absolute atomic E-state index is 14.2. The van der Waals surface area contributed by atoms with Crippen molar-refractivity contribution in [1.82, 2.24) is 9.88 Å². The SMILES string of the molecule is CC[C@](C)(NCCc1ccc(-n2c(N)c(C(=O)c3ccc(F)cc3F)ccc2=O)cc1)C(=O)OC(C)(C)C. The minimum atomic E-state index is -1.02. The van der Waals surface area contributed by atoms with Gasteiger partial charge in [-0.1, -0.05) is 19.1 Å². The lowest BCUT2D eigenvalue weighted by molar-refractivity contribution is -0.162. The number of hydrogen-bond acceptors (Lipinski definition) is 6. The molecule has 2 aromatic carbocycles. The number of pyridine rings is 1. The summed E-state index contributed by atoms with van der Waals surface area (Å²) in [4.78, 5) is 38.1. The summed E-state index contributed by atoms with van der Waals surface area (Å²) in [6.45, 7) is 9.72. The monoisotopic (exact) mass is 525 g/mol. The number of nitrogens with zero attached hydrogens (tertiary/aromatic N) is 1. The van der Waals surface area contributed by atoms with E-state index in [0.29, 0.717) is 31.1 Å². The number of ether oxygens (including phenoxy) is 1. The topological polar surface area (TPSA) is 103 Å². The van der Waals surface area contributed by atoms with E-state index in [9.17, 15) is 23.2 Å². The summed E-state index contributed by atoms with van der Waals surface area (Å²) in [5, 5.41) is 3.28. The van der Waals surface area contributed by atoms with Crippen LogP contribution in [0.5, 0.6) is 0 Å². The summed E-state index contributed by atoms with van der Waals surface area (Å²) in [6, 6.07) is 12.0. The van der Waals surface area contributed by atoms with Gasteiger partial charge >= 0.3 is 5.97 Å². The van der Waals surface area contributed by atoms with Gasteiger partial charge in [-0.2, -0.15) is 0 Å². The average molecular weight is 526 g/mol. The second kappa shape index (κ2) is 11.3. The second-order valence-corrected chi connectivity index (χ2v) is 10.3. The Kier molecular flexibility index (Phi) is 8.51. The minimum Gasteiger partial charge on any atom is -0.459 e. The van der Waals surface area contributed by atoms with E-state index < -0.39 is 34.1 Å². The van der Waals surface area contributed by atoms with Crippen LogP contribution in [0.3, 0.4) is 0 Å². The van der Waals surface area contributed by atoms with Crippen molar-refractivity contribution in [2.24, 2.45) is 0 Å². The van der Waals surface area contributed by atoms with Gasteiger partial charge < -0.3 is 15.8 Å². The Hall–Kier alpha value is -3.85. The van der Waals surface area contributed by atoms with E-state index in [2.05, 4.69) is 5.32 Å². The van der Waals surface area contributed by atoms with Crippen LogP contribution in [0.2, 0.25) is 0 Å². The smallest absolute Gasteiger partial charge is 0.326 e. The van der Waals surface area contributed by atoms with Crippen LogP contribution in [0.25, 0.3) is 5.69 Å². The molecule has 0 unspecified atom stereocenters. The van der Waals surface area contributed by atoms with Gasteiger partial charge in [-0.05, 0) is 76.4 Å². The molecule has 9 heteroatoms. The van der Waals surface area contributed by atoms with Gasteiger partial charge in [0.1, 0.15) is 28.6 Å². The molecule has 0 amide bonds. The van der Waals surface area contributed by atoms with Crippen molar-refractivity contribution < 1.29 is 23.1 Å². The van der Waals surface area contributed by atoms with Crippen molar-refractivity contribution in [3.63, 3.8) is 0 Å². The molecule has 1 aromatic heterocycles. The molecule has 0 spiro atoms. The first-order valence-electron chi connectivity index (χ1n) is 12.3. The number of nitrogens with one attached hydrogen (secondary N) is 1. The van der Waals surface area contributed by atoms with E-state index in [-0.39, 0.29) is 22.9 Å². The number of nitrogens with two attached hydrogens (primary N) is 1. The Morgan fingerprint density at radius 1 is 0.974 bits per heavy atom. The molecular formula is C29H33F2N3O4. The van der Waals surface area contributed by atoms with Gasteiger partial charge in [0, 0.05) is 18.7 Å². The average Bonchev–Trinajstić information content (AvgIpc) is 2.83. The number of rotatable bonds is 9. The highest BCUT2D eigenvalue weighted by molar-refractivity contribution is 6.11. The Morgan fingerprint density at radius 3 is 2.18 bits per heavy atom. The number of halogens is 2. The lowest BCUT2D eigenvalue weighted by Gasteiger charge is -2.31. The number of nitrogen functional groups attached to an aromatic ring is 1. The van der Waals surface area contributed by atoms with E-state index in [0.717, 1.165) is 22.3 Å². The third-order valence-corrected chi connectivity index (χ3v) is 6.23. The summed E-state index contributed by atoms with van der Waals surface area (Å²) in [5.41, 5.74) is 5.23. The predicted octanol–water partition coefficient (Wildman–Crippen LogP) is 4.57. The molecule has 0 saturated heterocycles. The first kappa shape index (κ1) is 28.7. The van der Waals surface area contributed by atoms with Crippen molar-refractivity contribution in [3.8, 4) is 5.69 Å². The number of carbonyl (C=O) groups excluding carboxylic acids is 2. The molecule has 0 aliphatic carbocycles. The Balaban J connectivity index is 1.77. The van der Waals surface area contributed by atoms with Crippen LogP contribution < -0.4 is 16.6 Å². The van der Waals surface area contributed by atoms with Gasteiger partial charge in [-0.15, -0.1) is 0 Å². The van der Waals surface area contributed by atoms with Gasteiger partial charge in [0.05, 0.1) is 16.8 Å². The lowest BCUT2D eigenvalue weighted by atomic mass is 9.98. The molecule has 0 bridgehead atoms. The molecule has 0 saturated carbocycles. The Bertz CT molecular complexity index is 1390. The standard InChI is InChI=1S/C29H33F2N3O4/c1-6-29(5,27(37)38-28(2,3)4)33-16-15-18-7-10-20(11-8-18)34-24(35)14-13-22(26(34)32)25(36)21-12-9-19(30)17-23(21)31/h7-14,17,33H,6,15-16,32H2,1-5H3/t29-/m0/s1.